The number of rotatable bonds is 8. The SMILES string of the molecule is COc1ccc(C=C2SC(=S)N(CCCC(=O)O)C2=O)c(OC)c1OC. The van der Waals surface area contributed by atoms with Crippen molar-refractivity contribution in [1.29, 1.82) is 0 Å². The number of hydrogen-bond acceptors (Lipinski definition) is 7. The van der Waals surface area contributed by atoms with Crippen LogP contribution < -0.4 is 14.2 Å². The van der Waals surface area contributed by atoms with E-state index in [4.69, 9.17) is 31.5 Å². The van der Waals surface area contributed by atoms with Crippen LogP contribution in [0.15, 0.2) is 17.0 Å². The van der Waals surface area contributed by atoms with Crippen LogP contribution in [0.1, 0.15) is 18.4 Å². The fourth-order valence-corrected chi connectivity index (χ4v) is 3.76. The number of carbonyl (C=O) groups is 2. The summed E-state index contributed by atoms with van der Waals surface area (Å²) in [4.78, 5) is 25.1. The van der Waals surface area contributed by atoms with Gasteiger partial charge in [-0.25, -0.2) is 0 Å². The highest BCUT2D eigenvalue weighted by Gasteiger charge is 2.32. The second kappa shape index (κ2) is 8.91. The molecule has 0 radical (unpaired) electrons. The minimum Gasteiger partial charge on any atom is -0.493 e. The Kier molecular flexibility index (Phi) is 6.87. The maximum atomic E-state index is 12.6. The number of hydrogen-bond donors (Lipinski definition) is 1. The van der Waals surface area contributed by atoms with Gasteiger partial charge in [0.15, 0.2) is 11.5 Å². The molecular formula is C17H19NO6S2. The average Bonchev–Trinajstić information content (AvgIpc) is 2.88. The van der Waals surface area contributed by atoms with E-state index in [0.717, 1.165) is 0 Å². The summed E-state index contributed by atoms with van der Waals surface area (Å²) in [5, 5.41) is 8.73. The molecule has 2 rings (SSSR count). The first-order valence-corrected chi connectivity index (χ1v) is 8.91. The summed E-state index contributed by atoms with van der Waals surface area (Å²) in [7, 11) is 4.54. The van der Waals surface area contributed by atoms with Gasteiger partial charge in [0.25, 0.3) is 5.91 Å². The van der Waals surface area contributed by atoms with Crippen LogP contribution in [0.3, 0.4) is 0 Å². The molecule has 140 valence electrons. The van der Waals surface area contributed by atoms with Gasteiger partial charge in [-0.1, -0.05) is 24.0 Å². The Morgan fingerprint density at radius 3 is 2.50 bits per heavy atom. The lowest BCUT2D eigenvalue weighted by molar-refractivity contribution is -0.137. The summed E-state index contributed by atoms with van der Waals surface area (Å²) in [6.07, 6.45) is 2.01. The van der Waals surface area contributed by atoms with Crippen molar-refractivity contribution < 1.29 is 28.9 Å². The van der Waals surface area contributed by atoms with E-state index in [2.05, 4.69) is 0 Å². The lowest BCUT2D eigenvalue weighted by Crippen LogP contribution is -2.29. The van der Waals surface area contributed by atoms with Crippen LogP contribution in [0.4, 0.5) is 0 Å². The van der Waals surface area contributed by atoms with Crippen molar-refractivity contribution in [3.05, 3.63) is 22.6 Å². The van der Waals surface area contributed by atoms with Crippen molar-refractivity contribution in [3.63, 3.8) is 0 Å². The van der Waals surface area contributed by atoms with Gasteiger partial charge in [-0.2, -0.15) is 0 Å². The zero-order chi connectivity index (χ0) is 19.3. The van der Waals surface area contributed by atoms with Gasteiger partial charge in [0.2, 0.25) is 5.75 Å². The molecule has 0 aliphatic carbocycles. The Hall–Kier alpha value is -2.26. The average molecular weight is 397 g/mol. The van der Waals surface area contributed by atoms with Crippen LogP contribution in [-0.2, 0) is 9.59 Å². The van der Waals surface area contributed by atoms with Crippen LogP contribution >= 0.6 is 24.0 Å². The van der Waals surface area contributed by atoms with Crippen molar-refractivity contribution in [1.82, 2.24) is 4.90 Å². The lowest BCUT2D eigenvalue weighted by Gasteiger charge is -2.14. The lowest BCUT2D eigenvalue weighted by atomic mass is 10.1. The van der Waals surface area contributed by atoms with Crippen molar-refractivity contribution >= 4 is 46.3 Å². The predicted octanol–water partition coefficient (Wildman–Crippen LogP) is 2.78. The first-order valence-electron chi connectivity index (χ1n) is 7.69. The number of thioether (sulfide) groups is 1. The molecule has 1 aromatic carbocycles. The normalized spacial score (nSPS) is 15.5. The van der Waals surface area contributed by atoms with E-state index in [0.29, 0.717) is 38.5 Å². The van der Waals surface area contributed by atoms with E-state index in [1.165, 1.54) is 38.0 Å². The molecule has 26 heavy (non-hydrogen) atoms. The number of aliphatic carboxylic acids is 1. The minimum absolute atomic E-state index is 0.0143. The summed E-state index contributed by atoms with van der Waals surface area (Å²) in [5.74, 6) is 0.245. The zero-order valence-electron chi connectivity index (χ0n) is 14.6. The first-order chi connectivity index (χ1) is 12.4. The van der Waals surface area contributed by atoms with Crippen LogP contribution in [0.5, 0.6) is 17.2 Å². The Labute approximate surface area is 160 Å². The van der Waals surface area contributed by atoms with Crippen LogP contribution in [0.25, 0.3) is 6.08 Å². The molecule has 0 unspecified atom stereocenters. The van der Waals surface area contributed by atoms with E-state index in [-0.39, 0.29) is 18.9 Å². The predicted molar refractivity (Wildman–Crippen MR) is 103 cm³/mol. The van der Waals surface area contributed by atoms with E-state index >= 15 is 0 Å². The molecule has 1 aromatic rings. The van der Waals surface area contributed by atoms with Crippen LogP contribution in [-0.4, -0.2) is 54.1 Å². The van der Waals surface area contributed by atoms with E-state index in [9.17, 15) is 9.59 Å². The van der Waals surface area contributed by atoms with Crippen LogP contribution in [0.2, 0.25) is 0 Å². The molecule has 0 atom stereocenters. The standard InChI is InChI=1S/C17H19NO6S2/c1-22-11-7-6-10(14(23-2)15(11)24-3)9-12-16(21)18(17(25)26-12)8-4-5-13(19)20/h6-7,9H,4-5,8H2,1-3H3,(H,19,20). The van der Waals surface area contributed by atoms with Crippen molar-refractivity contribution in [2.45, 2.75) is 12.8 Å². The quantitative estimate of drug-likeness (QED) is 0.529. The molecule has 1 aliphatic rings. The first kappa shape index (κ1) is 20.1. The van der Waals surface area contributed by atoms with E-state index in [1.807, 2.05) is 0 Å². The Bertz CT molecular complexity index is 762. The molecule has 0 saturated carbocycles. The molecular weight excluding hydrogens is 378 g/mol. The number of carboxylic acid groups (broad SMARTS) is 1. The van der Waals surface area contributed by atoms with Crippen molar-refractivity contribution in [2.75, 3.05) is 27.9 Å². The summed E-state index contributed by atoms with van der Waals surface area (Å²) in [6.45, 7) is 0.275. The molecule has 1 fully saturated rings. The van der Waals surface area contributed by atoms with Gasteiger partial charge >= 0.3 is 5.97 Å². The number of nitrogens with zero attached hydrogens (tertiary/aromatic N) is 1. The molecule has 0 bridgehead atoms. The summed E-state index contributed by atoms with van der Waals surface area (Å²) in [6, 6.07) is 3.48. The summed E-state index contributed by atoms with van der Waals surface area (Å²) >= 11 is 6.42. The summed E-state index contributed by atoms with van der Waals surface area (Å²) in [5.41, 5.74) is 0.649. The van der Waals surface area contributed by atoms with Crippen molar-refractivity contribution in [3.8, 4) is 17.2 Å². The van der Waals surface area contributed by atoms with Crippen LogP contribution in [0, 0.1) is 0 Å². The van der Waals surface area contributed by atoms with Gasteiger partial charge in [-0.15, -0.1) is 0 Å². The number of ether oxygens (including phenoxy) is 3. The molecule has 1 aliphatic heterocycles. The van der Waals surface area contributed by atoms with Gasteiger partial charge in [0.05, 0.1) is 26.2 Å². The van der Waals surface area contributed by atoms with Gasteiger partial charge in [-0.3, -0.25) is 14.5 Å². The van der Waals surface area contributed by atoms with Gasteiger partial charge in [0, 0.05) is 18.5 Å². The zero-order valence-corrected chi connectivity index (χ0v) is 16.2. The van der Waals surface area contributed by atoms with Gasteiger partial charge < -0.3 is 19.3 Å². The Morgan fingerprint density at radius 2 is 1.92 bits per heavy atom. The fraction of sp³-hybridized carbons (Fsp3) is 0.353. The third-order valence-electron chi connectivity index (χ3n) is 3.67. The highest BCUT2D eigenvalue weighted by molar-refractivity contribution is 8.26. The van der Waals surface area contributed by atoms with Gasteiger partial charge in [0.1, 0.15) is 4.32 Å². The maximum Gasteiger partial charge on any atom is 0.303 e. The summed E-state index contributed by atoms with van der Waals surface area (Å²) < 4.78 is 16.4. The molecule has 1 amide bonds. The number of carbonyl (C=O) groups excluding carboxylic acids is 1. The molecule has 1 saturated heterocycles. The Morgan fingerprint density at radius 1 is 1.23 bits per heavy atom. The highest BCUT2D eigenvalue weighted by Crippen LogP contribution is 2.42. The molecule has 1 N–H and O–H groups in total. The number of thiocarbonyl (C=S) groups is 1. The number of amides is 1. The third kappa shape index (κ3) is 4.28. The largest absolute Gasteiger partial charge is 0.493 e. The fourth-order valence-electron chi connectivity index (χ4n) is 2.46. The highest BCUT2D eigenvalue weighted by atomic mass is 32.2. The number of benzene rings is 1. The van der Waals surface area contributed by atoms with E-state index in [1.54, 1.807) is 18.2 Å². The second-order valence-electron chi connectivity index (χ2n) is 5.25. The molecule has 7 nitrogen and oxygen atoms in total. The Balaban J connectivity index is 2.28. The number of methoxy groups -OCH3 is 3. The molecule has 9 heteroatoms. The second-order valence-corrected chi connectivity index (χ2v) is 6.93. The molecule has 1 heterocycles. The molecule has 0 aromatic heterocycles. The van der Waals surface area contributed by atoms with Crippen molar-refractivity contribution in [2.24, 2.45) is 0 Å². The molecule has 0 spiro atoms. The van der Waals surface area contributed by atoms with Gasteiger partial charge in [-0.05, 0) is 24.6 Å². The minimum atomic E-state index is -0.902. The topological polar surface area (TPSA) is 85.3 Å². The number of carboxylic acids is 1. The van der Waals surface area contributed by atoms with E-state index < -0.39 is 5.97 Å². The third-order valence-corrected chi connectivity index (χ3v) is 5.04. The maximum absolute atomic E-state index is 12.6. The monoisotopic (exact) mass is 397 g/mol. The smallest absolute Gasteiger partial charge is 0.303 e.